The Morgan fingerprint density at radius 2 is 1.86 bits per heavy atom. The molecule has 1 N–H and O–H groups in total. The van der Waals surface area contributed by atoms with Crippen LogP contribution in [-0.2, 0) is 4.74 Å². The van der Waals surface area contributed by atoms with Crippen LogP contribution < -0.4 is 10.2 Å². The molecule has 0 saturated carbocycles. The number of carbonyl (C=O) groups excluding carboxylic acids is 2. The molecule has 9 heteroatoms. The highest BCUT2D eigenvalue weighted by Gasteiger charge is 2.34. The number of aromatic nitrogens is 1. The van der Waals surface area contributed by atoms with Crippen LogP contribution in [0.3, 0.4) is 0 Å². The highest BCUT2D eigenvalue weighted by molar-refractivity contribution is 6.28. The third-order valence-electron chi connectivity index (χ3n) is 6.63. The number of amides is 1. The van der Waals surface area contributed by atoms with E-state index in [1.165, 1.54) is 12.1 Å². The molecule has 8 nitrogen and oxygen atoms in total. The summed E-state index contributed by atoms with van der Waals surface area (Å²) >= 11 is 0. The fraction of sp³-hybridized carbons (Fsp3) is 0.222. The molecule has 1 amide bonds. The van der Waals surface area contributed by atoms with E-state index in [2.05, 4.69) is 15.4 Å². The van der Waals surface area contributed by atoms with Crippen LogP contribution >= 0.6 is 0 Å². The van der Waals surface area contributed by atoms with Gasteiger partial charge in [-0.05, 0) is 31.2 Å². The summed E-state index contributed by atoms with van der Waals surface area (Å²) in [7, 11) is 0. The van der Waals surface area contributed by atoms with E-state index in [4.69, 9.17) is 9.26 Å². The van der Waals surface area contributed by atoms with Gasteiger partial charge in [0.05, 0.1) is 28.9 Å². The van der Waals surface area contributed by atoms with Gasteiger partial charge in [0.1, 0.15) is 11.3 Å². The summed E-state index contributed by atoms with van der Waals surface area (Å²) in [5, 5.41) is 8.26. The molecule has 1 saturated heterocycles. The lowest BCUT2D eigenvalue weighted by Crippen LogP contribution is -2.49. The molecular formula is C27H23FN4O4. The molecule has 0 unspecified atom stereocenters. The molecule has 4 aromatic rings. The van der Waals surface area contributed by atoms with Gasteiger partial charge in [-0.15, -0.1) is 0 Å². The highest BCUT2D eigenvalue weighted by Crippen LogP contribution is 2.46. The number of hydrogen-bond acceptors (Lipinski definition) is 7. The van der Waals surface area contributed by atoms with Gasteiger partial charge in [0.15, 0.2) is 11.5 Å². The molecule has 1 aliphatic heterocycles. The minimum absolute atomic E-state index is 0.149. The maximum Gasteiger partial charge on any atom is 0.409 e. The number of rotatable bonds is 4. The number of hydrogen-bond donors (Lipinski definition) is 1. The lowest BCUT2D eigenvalue weighted by molar-refractivity contribution is 0.103. The Hall–Kier alpha value is -4.40. The summed E-state index contributed by atoms with van der Waals surface area (Å²) in [5.74, 6) is 0.000701. The van der Waals surface area contributed by atoms with Gasteiger partial charge in [0, 0.05) is 43.0 Å². The Morgan fingerprint density at radius 1 is 1.08 bits per heavy atom. The highest BCUT2D eigenvalue weighted by atomic mass is 19.1. The summed E-state index contributed by atoms with van der Waals surface area (Å²) < 4.78 is 24.9. The fourth-order valence-corrected chi connectivity index (χ4v) is 4.95. The summed E-state index contributed by atoms with van der Waals surface area (Å²) in [4.78, 5) is 29.6. The molecule has 6 rings (SSSR count). The van der Waals surface area contributed by atoms with E-state index in [1.54, 1.807) is 30.0 Å². The Bertz CT molecular complexity index is 1510. The Balaban J connectivity index is 1.47. The zero-order chi connectivity index (χ0) is 24.8. The zero-order valence-corrected chi connectivity index (χ0v) is 19.6. The van der Waals surface area contributed by atoms with Crippen molar-refractivity contribution in [2.75, 3.05) is 43.0 Å². The Morgan fingerprint density at radius 3 is 2.61 bits per heavy atom. The number of halogens is 1. The minimum atomic E-state index is -0.382. The largest absolute Gasteiger partial charge is 0.450 e. The van der Waals surface area contributed by atoms with Crippen LogP contribution in [0.15, 0.2) is 59.1 Å². The fourth-order valence-electron chi connectivity index (χ4n) is 4.95. The maximum atomic E-state index is 13.9. The van der Waals surface area contributed by atoms with Crippen molar-refractivity contribution in [3.63, 3.8) is 0 Å². The molecule has 36 heavy (non-hydrogen) atoms. The van der Waals surface area contributed by atoms with Crippen molar-refractivity contribution in [2.45, 2.75) is 6.92 Å². The molecular weight excluding hydrogens is 463 g/mol. The van der Waals surface area contributed by atoms with E-state index in [9.17, 15) is 14.0 Å². The quantitative estimate of drug-likeness (QED) is 0.374. The zero-order valence-electron chi connectivity index (χ0n) is 19.6. The molecule has 0 bridgehead atoms. The summed E-state index contributed by atoms with van der Waals surface area (Å²) in [6.45, 7) is 4.19. The van der Waals surface area contributed by atoms with Crippen molar-refractivity contribution in [3.05, 3.63) is 71.5 Å². The van der Waals surface area contributed by atoms with Gasteiger partial charge in [-0.2, -0.15) is 0 Å². The first-order valence-corrected chi connectivity index (χ1v) is 11.8. The molecule has 1 fully saturated rings. The van der Waals surface area contributed by atoms with Crippen LogP contribution in [0.5, 0.6) is 0 Å². The smallest absolute Gasteiger partial charge is 0.409 e. The molecule has 0 atom stereocenters. The lowest BCUT2D eigenvalue weighted by Gasteiger charge is -2.36. The van der Waals surface area contributed by atoms with E-state index >= 15 is 0 Å². The Labute approximate surface area is 206 Å². The van der Waals surface area contributed by atoms with Crippen molar-refractivity contribution in [1.29, 1.82) is 0 Å². The molecule has 1 aliphatic carbocycles. The van der Waals surface area contributed by atoms with Gasteiger partial charge in [-0.25, -0.2) is 9.18 Å². The third-order valence-corrected chi connectivity index (χ3v) is 6.63. The SMILES string of the molecule is CCOC(=O)N1CCN(c2cc(Nc3cccc(F)c3)c3c4c(onc24)-c2ccccc2C3=O)CC1. The number of carbonyl (C=O) groups is 2. The number of anilines is 3. The predicted molar refractivity (Wildman–Crippen MR) is 133 cm³/mol. The van der Waals surface area contributed by atoms with Crippen LogP contribution in [0.4, 0.5) is 26.2 Å². The molecule has 1 aromatic heterocycles. The van der Waals surface area contributed by atoms with Crippen molar-refractivity contribution < 1.29 is 23.2 Å². The molecule has 0 spiro atoms. The molecule has 2 heterocycles. The normalized spacial score (nSPS) is 14.7. The number of ether oxygens (including phenoxy) is 1. The first kappa shape index (κ1) is 22.1. The van der Waals surface area contributed by atoms with Crippen molar-refractivity contribution in [1.82, 2.24) is 10.1 Å². The van der Waals surface area contributed by atoms with Gasteiger partial charge < -0.3 is 24.4 Å². The number of nitrogens with one attached hydrogen (secondary N) is 1. The summed E-state index contributed by atoms with van der Waals surface area (Å²) in [6.07, 6.45) is -0.327. The number of ketones is 1. The third kappa shape index (κ3) is 3.55. The van der Waals surface area contributed by atoms with E-state index in [0.717, 1.165) is 5.69 Å². The van der Waals surface area contributed by atoms with Gasteiger partial charge in [0.2, 0.25) is 0 Å². The van der Waals surface area contributed by atoms with Gasteiger partial charge in [-0.3, -0.25) is 4.79 Å². The molecule has 2 aliphatic rings. The minimum Gasteiger partial charge on any atom is -0.450 e. The monoisotopic (exact) mass is 486 g/mol. The maximum absolute atomic E-state index is 13.9. The molecule has 3 aromatic carbocycles. The second-order valence-electron chi connectivity index (χ2n) is 8.74. The lowest BCUT2D eigenvalue weighted by atomic mass is 9.86. The molecule has 182 valence electrons. The van der Waals surface area contributed by atoms with E-state index in [-0.39, 0.29) is 17.7 Å². The summed E-state index contributed by atoms with van der Waals surface area (Å²) in [6, 6.07) is 15.2. The van der Waals surface area contributed by atoms with E-state index < -0.39 is 0 Å². The van der Waals surface area contributed by atoms with Crippen LogP contribution in [0.25, 0.3) is 22.2 Å². The second-order valence-corrected chi connectivity index (χ2v) is 8.74. The average Bonchev–Trinajstić information content (AvgIpc) is 3.33. The van der Waals surface area contributed by atoms with Crippen molar-refractivity contribution in [3.8, 4) is 11.3 Å². The number of fused-ring (bicyclic) bond motifs is 2. The van der Waals surface area contributed by atoms with E-state index in [1.807, 2.05) is 24.3 Å². The topological polar surface area (TPSA) is 87.9 Å². The van der Waals surface area contributed by atoms with Crippen molar-refractivity contribution >= 4 is 39.8 Å². The van der Waals surface area contributed by atoms with Crippen LogP contribution in [0.1, 0.15) is 22.8 Å². The summed E-state index contributed by atoms with van der Waals surface area (Å²) in [5.41, 5.74) is 4.08. The van der Waals surface area contributed by atoms with Crippen LogP contribution in [0, 0.1) is 5.82 Å². The van der Waals surface area contributed by atoms with Crippen LogP contribution in [-0.4, -0.2) is 54.7 Å². The molecule has 0 radical (unpaired) electrons. The van der Waals surface area contributed by atoms with E-state index in [0.29, 0.717) is 77.5 Å². The first-order chi connectivity index (χ1) is 17.5. The van der Waals surface area contributed by atoms with Crippen LogP contribution in [0.2, 0.25) is 0 Å². The van der Waals surface area contributed by atoms with Gasteiger partial charge in [0.25, 0.3) is 0 Å². The predicted octanol–water partition coefficient (Wildman–Crippen LogP) is 5.20. The number of nitrogens with zero attached hydrogens (tertiary/aromatic N) is 3. The number of piperazine rings is 1. The van der Waals surface area contributed by atoms with Gasteiger partial charge >= 0.3 is 6.09 Å². The standard InChI is InChI=1S/C27H23FN4O4/c1-2-35-27(34)32-12-10-31(11-13-32)21-15-20(29-17-7-5-6-16(28)14-17)22-23-24(21)30-36-26(23)19-9-4-3-8-18(19)25(22)33/h3-9,14-15,29H,2,10-13H2,1H3. The van der Waals surface area contributed by atoms with Gasteiger partial charge in [-0.1, -0.05) is 35.5 Å². The average molecular weight is 487 g/mol. The Kier molecular flexibility index (Phi) is 5.32. The second kappa shape index (κ2) is 8.67. The van der Waals surface area contributed by atoms with Crippen molar-refractivity contribution in [2.24, 2.45) is 0 Å². The first-order valence-electron chi connectivity index (χ1n) is 11.8. The number of benzene rings is 3.